The number of nitrogens with zero attached hydrogens (tertiary/aromatic N) is 3. The Labute approximate surface area is 117 Å². The maximum Gasteiger partial charge on any atom is 0.0734 e. The van der Waals surface area contributed by atoms with Crippen LogP contribution in [-0.2, 0) is 13.1 Å². The number of benzene rings is 1. The number of oxime groups is 1. The summed E-state index contributed by atoms with van der Waals surface area (Å²) in [6.07, 6.45) is 1.46. The van der Waals surface area contributed by atoms with E-state index in [-0.39, 0.29) is 0 Å². The fourth-order valence-electron chi connectivity index (χ4n) is 1.83. The van der Waals surface area contributed by atoms with Crippen LogP contribution in [0.5, 0.6) is 0 Å². The Morgan fingerprint density at radius 3 is 1.89 bits per heavy atom. The third kappa shape index (κ3) is 4.40. The van der Waals surface area contributed by atoms with E-state index in [1.54, 1.807) is 0 Å². The van der Waals surface area contributed by atoms with E-state index in [2.05, 4.69) is 30.9 Å². The zero-order valence-corrected chi connectivity index (χ0v) is 12.9. The van der Waals surface area contributed by atoms with Gasteiger partial charge in [0.1, 0.15) is 0 Å². The molecule has 0 saturated heterocycles. The Balaban J connectivity index is 3.19. The van der Waals surface area contributed by atoms with Crippen molar-refractivity contribution in [3.8, 4) is 0 Å². The number of rotatable bonds is 5. The summed E-state index contributed by atoms with van der Waals surface area (Å²) in [5.74, 6) is 0. The highest BCUT2D eigenvalue weighted by Gasteiger charge is 2.10. The van der Waals surface area contributed by atoms with Crippen LogP contribution in [0.1, 0.15) is 16.7 Å². The predicted octanol–water partition coefficient (Wildman–Crippen LogP) is 2.38. The molecule has 5 heteroatoms. The minimum absolute atomic E-state index is 0.841. The molecule has 0 aliphatic heterocycles. The standard InChI is InChI=1S/C13H20BrN3O/c1-16(2)8-11-5-10(7-15-18)6-12(13(11)14)9-17(3)4/h5-7,18H,8-9H2,1-4H3/b15-7+. The molecule has 0 atom stereocenters. The first-order valence-electron chi connectivity index (χ1n) is 5.72. The summed E-state index contributed by atoms with van der Waals surface area (Å²) in [5.41, 5.74) is 3.29. The average molecular weight is 314 g/mol. The maximum atomic E-state index is 8.67. The summed E-state index contributed by atoms with van der Waals surface area (Å²) < 4.78 is 1.12. The molecule has 0 radical (unpaired) electrons. The van der Waals surface area contributed by atoms with Crippen LogP contribution in [0.4, 0.5) is 0 Å². The third-order valence-electron chi connectivity index (χ3n) is 2.43. The van der Waals surface area contributed by atoms with Gasteiger partial charge in [-0.1, -0.05) is 21.1 Å². The zero-order valence-electron chi connectivity index (χ0n) is 11.3. The lowest BCUT2D eigenvalue weighted by atomic mass is 10.1. The summed E-state index contributed by atoms with van der Waals surface area (Å²) in [6, 6.07) is 4.06. The lowest BCUT2D eigenvalue weighted by Crippen LogP contribution is -2.15. The first kappa shape index (κ1) is 15.1. The van der Waals surface area contributed by atoms with E-state index < -0.39 is 0 Å². The van der Waals surface area contributed by atoms with E-state index in [9.17, 15) is 0 Å². The van der Waals surface area contributed by atoms with Crippen LogP contribution in [0, 0.1) is 0 Å². The minimum atomic E-state index is 0.841. The van der Waals surface area contributed by atoms with Crippen LogP contribution < -0.4 is 0 Å². The molecule has 0 spiro atoms. The van der Waals surface area contributed by atoms with Crippen molar-refractivity contribution in [1.82, 2.24) is 9.80 Å². The molecule has 0 aliphatic carbocycles. The van der Waals surface area contributed by atoms with Gasteiger partial charge in [0.05, 0.1) is 6.21 Å². The highest BCUT2D eigenvalue weighted by molar-refractivity contribution is 9.10. The Morgan fingerprint density at radius 2 is 1.56 bits per heavy atom. The molecule has 1 aromatic rings. The van der Waals surface area contributed by atoms with Gasteiger partial charge in [-0.15, -0.1) is 0 Å². The number of halogens is 1. The Morgan fingerprint density at radius 1 is 1.11 bits per heavy atom. The van der Waals surface area contributed by atoms with Gasteiger partial charge in [-0.25, -0.2) is 0 Å². The molecular weight excluding hydrogens is 294 g/mol. The van der Waals surface area contributed by atoms with E-state index in [0.29, 0.717) is 0 Å². The first-order chi connectivity index (χ1) is 8.43. The topological polar surface area (TPSA) is 39.1 Å². The summed E-state index contributed by atoms with van der Waals surface area (Å²) in [5, 5.41) is 11.8. The van der Waals surface area contributed by atoms with Crippen molar-refractivity contribution in [3.05, 3.63) is 33.3 Å². The van der Waals surface area contributed by atoms with Gasteiger partial charge >= 0.3 is 0 Å². The van der Waals surface area contributed by atoms with Crippen LogP contribution in [0.3, 0.4) is 0 Å². The Kier molecular flexibility index (Phi) is 5.78. The molecule has 1 aromatic carbocycles. The van der Waals surface area contributed by atoms with Gasteiger partial charge in [0.2, 0.25) is 0 Å². The van der Waals surface area contributed by atoms with Crippen molar-refractivity contribution in [2.45, 2.75) is 13.1 Å². The molecular formula is C13H20BrN3O. The quantitative estimate of drug-likeness (QED) is 0.515. The fraction of sp³-hybridized carbons (Fsp3) is 0.462. The van der Waals surface area contributed by atoms with Gasteiger partial charge in [-0.2, -0.15) is 0 Å². The van der Waals surface area contributed by atoms with Crippen LogP contribution in [0.15, 0.2) is 21.8 Å². The van der Waals surface area contributed by atoms with Gasteiger partial charge in [0, 0.05) is 17.6 Å². The highest BCUT2D eigenvalue weighted by atomic mass is 79.9. The van der Waals surface area contributed by atoms with Gasteiger partial charge in [-0.05, 0) is 57.0 Å². The van der Waals surface area contributed by atoms with Crippen LogP contribution in [-0.4, -0.2) is 49.4 Å². The van der Waals surface area contributed by atoms with Crippen molar-refractivity contribution in [1.29, 1.82) is 0 Å². The second-order valence-electron chi connectivity index (χ2n) is 4.87. The lowest BCUT2D eigenvalue weighted by molar-refractivity contribution is 0.322. The van der Waals surface area contributed by atoms with E-state index >= 15 is 0 Å². The minimum Gasteiger partial charge on any atom is -0.411 e. The van der Waals surface area contributed by atoms with E-state index in [0.717, 1.165) is 23.1 Å². The predicted molar refractivity (Wildman–Crippen MR) is 78.3 cm³/mol. The molecule has 100 valence electrons. The highest BCUT2D eigenvalue weighted by Crippen LogP contribution is 2.25. The number of hydrogen-bond acceptors (Lipinski definition) is 4. The molecule has 0 heterocycles. The summed E-state index contributed by atoms with van der Waals surface area (Å²) >= 11 is 3.66. The van der Waals surface area contributed by atoms with Gasteiger partial charge in [-0.3, -0.25) is 0 Å². The molecule has 0 bridgehead atoms. The van der Waals surface area contributed by atoms with Crippen molar-refractivity contribution in [2.75, 3.05) is 28.2 Å². The van der Waals surface area contributed by atoms with Gasteiger partial charge in [0.25, 0.3) is 0 Å². The monoisotopic (exact) mass is 313 g/mol. The van der Waals surface area contributed by atoms with Crippen molar-refractivity contribution in [2.24, 2.45) is 5.16 Å². The SMILES string of the molecule is CN(C)Cc1cc(/C=N/O)cc(CN(C)C)c1Br. The molecule has 0 saturated carbocycles. The van der Waals surface area contributed by atoms with Crippen LogP contribution in [0.25, 0.3) is 0 Å². The molecule has 0 amide bonds. The largest absolute Gasteiger partial charge is 0.411 e. The molecule has 0 fully saturated rings. The molecule has 0 unspecified atom stereocenters. The molecule has 1 N–H and O–H groups in total. The molecule has 1 rings (SSSR count). The summed E-state index contributed by atoms with van der Waals surface area (Å²) in [4.78, 5) is 4.22. The van der Waals surface area contributed by atoms with Gasteiger partial charge in [0.15, 0.2) is 0 Å². The fourth-order valence-corrected chi connectivity index (χ4v) is 2.31. The molecule has 18 heavy (non-hydrogen) atoms. The van der Waals surface area contributed by atoms with E-state index in [1.165, 1.54) is 17.3 Å². The molecule has 0 aromatic heterocycles. The van der Waals surface area contributed by atoms with Gasteiger partial charge < -0.3 is 15.0 Å². The van der Waals surface area contributed by atoms with Crippen molar-refractivity contribution < 1.29 is 5.21 Å². The normalized spacial score (nSPS) is 11.9. The van der Waals surface area contributed by atoms with Crippen molar-refractivity contribution >= 4 is 22.1 Å². The van der Waals surface area contributed by atoms with Crippen molar-refractivity contribution in [3.63, 3.8) is 0 Å². The number of hydrogen-bond donors (Lipinski definition) is 1. The average Bonchev–Trinajstić information content (AvgIpc) is 2.23. The zero-order chi connectivity index (χ0) is 13.7. The molecule has 0 aliphatic rings. The second kappa shape index (κ2) is 6.87. The maximum absolute atomic E-state index is 8.67. The Bertz CT molecular complexity index is 399. The second-order valence-corrected chi connectivity index (χ2v) is 5.67. The lowest BCUT2D eigenvalue weighted by Gasteiger charge is -2.17. The molecule has 4 nitrogen and oxygen atoms in total. The summed E-state index contributed by atoms with van der Waals surface area (Å²) in [7, 11) is 8.13. The first-order valence-corrected chi connectivity index (χ1v) is 6.51. The van der Waals surface area contributed by atoms with E-state index in [1.807, 2.05) is 40.3 Å². The van der Waals surface area contributed by atoms with E-state index in [4.69, 9.17) is 5.21 Å². The summed E-state index contributed by atoms with van der Waals surface area (Å²) in [6.45, 7) is 1.68. The van der Waals surface area contributed by atoms with Crippen LogP contribution >= 0.6 is 15.9 Å². The van der Waals surface area contributed by atoms with Crippen LogP contribution in [0.2, 0.25) is 0 Å². The smallest absolute Gasteiger partial charge is 0.0734 e. The Hall–Kier alpha value is -0.910. The third-order valence-corrected chi connectivity index (χ3v) is 3.44.